The standard InChI is InChI=1S/C14H18O2/c1-16-10(15)4-9-13-7-2-5-6-3-8(11(5)13)14(9)12(6)7/h5-9,11-14H,2-4H2,1H3/t5-,6?,7+,8?,9?,11?,12?,13?,14?/m0/s1. The lowest BCUT2D eigenvalue weighted by Gasteiger charge is -2.33. The van der Waals surface area contributed by atoms with Crippen LogP contribution in [-0.2, 0) is 9.53 Å². The number of carbonyl (C=O) groups is 1. The molecular formula is C14H18O2. The van der Waals surface area contributed by atoms with Gasteiger partial charge in [-0.1, -0.05) is 0 Å². The predicted octanol–water partition coefficient (Wildman–Crippen LogP) is 1.94. The number of hydrogen-bond acceptors (Lipinski definition) is 2. The van der Waals surface area contributed by atoms with Crippen LogP contribution in [0.15, 0.2) is 0 Å². The minimum atomic E-state index is 0.0394. The molecule has 6 bridgehead atoms. The Morgan fingerprint density at radius 1 is 1.00 bits per heavy atom. The van der Waals surface area contributed by atoms with Gasteiger partial charge in [0.05, 0.1) is 7.11 Å². The Labute approximate surface area is 95.7 Å². The summed E-state index contributed by atoms with van der Waals surface area (Å²) >= 11 is 0. The van der Waals surface area contributed by atoms with Crippen molar-refractivity contribution in [3.63, 3.8) is 0 Å². The highest BCUT2D eigenvalue weighted by Crippen LogP contribution is 2.84. The lowest BCUT2D eigenvalue weighted by molar-refractivity contribution is -0.142. The van der Waals surface area contributed by atoms with Crippen LogP contribution >= 0.6 is 0 Å². The quantitative estimate of drug-likeness (QED) is 0.662. The van der Waals surface area contributed by atoms with E-state index in [0.29, 0.717) is 0 Å². The van der Waals surface area contributed by atoms with Gasteiger partial charge in [0.2, 0.25) is 0 Å². The summed E-state index contributed by atoms with van der Waals surface area (Å²) in [5.74, 6) is 8.93. The monoisotopic (exact) mass is 218 g/mol. The smallest absolute Gasteiger partial charge is 0.305 e. The molecule has 0 N–H and O–H groups in total. The molecule has 7 unspecified atom stereocenters. The molecule has 0 heterocycles. The summed E-state index contributed by atoms with van der Waals surface area (Å²) in [5.41, 5.74) is 0. The zero-order valence-electron chi connectivity index (χ0n) is 9.63. The molecule has 6 rings (SSSR count). The molecule has 16 heavy (non-hydrogen) atoms. The Balaban J connectivity index is 1.55. The van der Waals surface area contributed by atoms with Crippen LogP contribution in [0.25, 0.3) is 0 Å². The highest BCUT2D eigenvalue weighted by molar-refractivity contribution is 5.69. The molecule has 0 radical (unpaired) electrons. The van der Waals surface area contributed by atoms with E-state index in [1.165, 1.54) is 20.0 Å². The van der Waals surface area contributed by atoms with Crippen LogP contribution in [0, 0.1) is 53.3 Å². The van der Waals surface area contributed by atoms with Gasteiger partial charge in [0.1, 0.15) is 0 Å². The van der Waals surface area contributed by atoms with Crippen LogP contribution in [0.3, 0.4) is 0 Å². The molecule has 2 heteroatoms. The zero-order valence-corrected chi connectivity index (χ0v) is 9.63. The molecule has 0 spiro atoms. The maximum Gasteiger partial charge on any atom is 0.305 e. The average Bonchev–Trinajstić information content (AvgIpc) is 2.94. The summed E-state index contributed by atoms with van der Waals surface area (Å²) in [4.78, 5) is 11.5. The van der Waals surface area contributed by atoms with E-state index in [1.54, 1.807) is 0 Å². The van der Waals surface area contributed by atoms with E-state index in [9.17, 15) is 4.79 Å². The molecule has 86 valence electrons. The van der Waals surface area contributed by atoms with E-state index in [4.69, 9.17) is 4.74 Å². The number of methoxy groups -OCH3 is 1. The van der Waals surface area contributed by atoms with Gasteiger partial charge in [0, 0.05) is 6.42 Å². The lowest BCUT2D eigenvalue weighted by atomic mass is 9.71. The highest BCUT2D eigenvalue weighted by Gasteiger charge is 2.79. The average molecular weight is 218 g/mol. The third-order valence-electron chi connectivity index (χ3n) is 7.11. The summed E-state index contributed by atoms with van der Waals surface area (Å²) < 4.78 is 4.89. The minimum absolute atomic E-state index is 0.0394. The molecule has 6 saturated carbocycles. The molecular weight excluding hydrogens is 200 g/mol. The van der Waals surface area contributed by atoms with Gasteiger partial charge in [-0.3, -0.25) is 4.79 Å². The van der Waals surface area contributed by atoms with Gasteiger partial charge >= 0.3 is 5.97 Å². The lowest BCUT2D eigenvalue weighted by Crippen LogP contribution is -2.30. The van der Waals surface area contributed by atoms with E-state index in [1.807, 2.05) is 0 Å². The van der Waals surface area contributed by atoms with Gasteiger partial charge in [-0.05, 0) is 66.1 Å². The summed E-state index contributed by atoms with van der Waals surface area (Å²) in [5, 5.41) is 0. The first-order valence-corrected chi connectivity index (χ1v) is 6.88. The van der Waals surface area contributed by atoms with Crippen LogP contribution in [0.5, 0.6) is 0 Å². The molecule has 2 nitrogen and oxygen atoms in total. The van der Waals surface area contributed by atoms with Gasteiger partial charge in [-0.25, -0.2) is 0 Å². The summed E-state index contributed by atoms with van der Waals surface area (Å²) in [7, 11) is 1.54. The van der Waals surface area contributed by atoms with Crippen LogP contribution in [0.2, 0.25) is 0 Å². The summed E-state index contributed by atoms with van der Waals surface area (Å²) in [6.07, 6.45) is 3.77. The third kappa shape index (κ3) is 0.634. The van der Waals surface area contributed by atoms with Crippen LogP contribution in [0.4, 0.5) is 0 Å². The molecule has 0 aromatic rings. The van der Waals surface area contributed by atoms with Crippen molar-refractivity contribution in [1.82, 2.24) is 0 Å². The Hall–Kier alpha value is -0.530. The number of esters is 1. The molecule has 0 amide bonds. The fraction of sp³-hybridized carbons (Fsp3) is 0.929. The molecule has 9 atom stereocenters. The van der Waals surface area contributed by atoms with Crippen molar-refractivity contribution < 1.29 is 9.53 Å². The van der Waals surface area contributed by atoms with E-state index < -0.39 is 0 Å². The van der Waals surface area contributed by atoms with Crippen molar-refractivity contribution in [2.24, 2.45) is 53.3 Å². The van der Waals surface area contributed by atoms with E-state index in [-0.39, 0.29) is 5.97 Å². The number of ether oxygens (including phenoxy) is 1. The maximum atomic E-state index is 11.5. The van der Waals surface area contributed by atoms with Crippen LogP contribution < -0.4 is 0 Å². The first-order valence-electron chi connectivity index (χ1n) is 6.88. The van der Waals surface area contributed by atoms with Crippen LogP contribution in [0.1, 0.15) is 19.3 Å². The molecule has 0 saturated heterocycles. The minimum Gasteiger partial charge on any atom is -0.469 e. The number of hydrogen-bond donors (Lipinski definition) is 0. The number of rotatable bonds is 2. The van der Waals surface area contributed by atoms with E-state index in [2.05, 4.69) is 0 Å². The van der Waals surface area contributed by atoms with Gasteiger partial charge in [0.25, 0.3) is 0 Å². The molecule has 6 fully saturated rings. The van der Waals surface area contributed by atoms with Crippen molar-refractivity contribution >= 4 is 5.97 Å². The fourth-order valence-corrected chi connectivity index (χ4v) is 7.36. The van der Waals surface area contributed by atoms with Crippen molar-refractivity contribution in [2.45, 2.75) is 19.3 Å². The molecule has 0 aromatic heterocycles. The largest absolute Gasteiger partial charge is 0.469 e. The number of carbonyl (C=O) groups excluding carboxylic acids is 1. The van der Waals surface area contributed by atoms with Gasteiger partial charge < -0.3 is 4.74 Å². The molecule has 0 aliphatic heterocycles. The first kappa shape index (κ1) is 8.54. The summed E-state index contributed by atoms with van der Waals surface area (Å²) in [6.45, 7) is 0. The molecule has 6 aliphatic rings. The normalized spacial score (nSPS) is 66.4. The van der Waals surface area contributed by atoms with Gasteiger partial charge in [-0.2, -0.15) is 0 Å². The van der Waals surface area contributed by atoms with E-state index >= 15 is 0 Å². The summed E-state index contributed by atoms with van der Waals surface area (Å²) in [6, 6.07) is 0. The van der Waals surface area contributed by atoms with E-state index in [0.717, 1.165) is 59.7 Å². The Bertz CT molecular complexity index is 362. The highest BCUT2D eigenvalue weighted by atomic mass is 16.5. The van der Waals surface area contributed by atoms with Crippen molar-refractivity contribution in [3.05, 3.63) is 0 Å². The first-order chi connectivity index (χ1) is 7.81. The van der Waals surface area contributed by atoms with Crippen molar-refractivity contribution in [1.29, 1.82) is 0 Å². The second-order valence-corrected chi connectivity index (χ2v) is 6.88. The maximum absolute atomic E-state index is 11.5. The Morgan fingerprint density at radius 3 is 2.06 bits per heavy atom. The van der Waals surface area contributed by atoms with Gasteiger partial charge in [-0.15, -0.1) is 0 Å². The topological polar surface area (TPSA) is 26.3 Å². The van der Waals surface area contributed by atoms with Crippen molar-refractivity contribution in [3.8, 4) is 0 Å². The predicted molar refractivity (Wildman–Crippen MR) is 57.3 cm³/mol. The third-order valence-corrected chi connectivity index (χ3v) is 7.11. The Kier molecular flexibility index (Phi) is 1.25. The fourth-order valence-electron chi connectivity index (χ4n) is 7.36. The van der Waals surface area contributed by atoms with Crippen LogP contribution in [-0.4, -0.2) is 13.1 Å². The second-order valence-electron chi connectivity index (χ2n) is 6.88. The SMILES string of the molecule is COC(=O)CC1C2C3CC4C2[C@H]2C[C@@H]4C3C12. The Morgan fingerprint density at radius 2 is 1.56 bits per heavy atom. The molecule has 6 aliphatic carbocycles. The second kappa shape index (κ2) is 2.34. The van der Waals surface area contributed by atoms with Gasteiger partial charge in [0.15, 0.2) is 0 Å². The zero-order chi connectivity index (χ0) is 10.6. The molecule has 0 aromatic carbocycles. The van der Waals surface area contributed by atoms with Crippen molar-refractivity contribution in [2.75, 3.05) is 7.11 Å².